The van der Waals surface area contributed by atoms with Crippen molar-refractivity contribution in [2.24, 2.45) is 0 Å². The number of halogens is 2. The first-order valence-corrected chi connectivity index (χ1v) is 11.5. The number of benzene rings is 2. The number of aliphatic carboxylic acids is 1. The Hall–Kier alpha value is -3.72. The molecule has 1 atom stereocenters. The molecule has 0 aliphatic heterocycles. The monoisotopic (exact) mass is 540 g/mol. The summed E-state index contributed by atoms with van der Waals surface area (Å²) < 4.78 is 27.2. The summed E-state index contributed by atoms with van der Waals surface area (Å²) in [5, 5.41) is 9.78. The van der Waals surface area contributed by atoms with Gasteiger partial charge in [-0.05, 0) is 83.9 Å². The van der Waals surface area contributed by atoms with E-state index in [4.69, 9.17) is 14.6 Å². The molecule has 180 valence electrons. The lowest BCUT2D eigenvalue weighted by Crippen LogP contribution is -2.23. The van der Waals surface area contributed by atoms with E-state index in [2.05, 4.69) is 20.9 Å². The molecular weight excluding hydrogens is 519 g/mol. The van der Waals surface area contributed by atoms with Gasteiger partial charge < -0.3 is 19.1 Å². The Labute approximate surface area is 209 Å². The number of pyridine rings is 1. The van der Waals surface area contributed by atoms with Crippen molar-refractivity contribution in [2.75, 3.05) is 7.11 Å². The summed E-state index contributed by atoms with van der Waals surface area (Å²) in [5.41, 5.74) is 2.96. The Balaban J connectivity index is 1.77. The Bertz CT molecular complexity index is 1430. The molecule has 0 aliphatic rings. The van der Waals surface area contributed by atoms with Crippen molar-refractivity contribution < 1.29 is 28.6 Å². The summed E-state index contributed by atoms with van der Waals surface area (Å²) >= 11 is 3.40. The van der Waals surface area contributed by atoms with Crippen LogP contribution in [-0.2, 0) is 11.3 Å². The number of methoxy groups -OCH3 is 1. The Morgan fingerprint density at radius 3 is 2.51 bits per heavy atom. The molecule has 4 aromatic rings. The van der Waals surface area contributed by atoms with Gasteiger partial charge in [0, 0.05) is 23.2 Å². The lowest BCUT2D eigenvalue weighted by molar-refractivity contribution is -0.144. The van der Waals surface area contributed by atoms with E-state index in [1.807, 2.05) is 17.6 Å². The molecule has 2 aromatic heterocycles. The lowest BCUT2D eigenvalue weighted by atomic mass is 10.0. The predicted octanol–water partition coefficient (Wildman–Crippen LogP) is 5.39. The maximum Gasteiger partial charge on any atom is 0.344 e. The Morgan fingerprint density at radius 2 is 1.86 bits per heavy atom. The summed E-state index contributed by atoms with van der Waals surface area (Å²) in [7, 11) is 1.56. The number of hydrogen-bond acceptors (Lipinski definition) is 5. The number of carbonyl (C=O) groups excluding carboxylic acids is 1. The predicted molar refractivity (Wildman–Crippen MR) is 132 cm³/mol. The first-order chi connectivity index (χ1) is 16.7. The van der Waals surface area contributed by atoms with Crippen LogP contribution in [0.25, 0.3) is 11.0 Å². The van der Waals surface area contributed by atoms with Crippen molar-refractivity contribution >= 4 is 38.7 Å². The van der Waals surface area contributed by atoms with Gasteiger partial charge in [-0.2, -0.15) is 0 Å². The fourth-order valence-corrected chi connectivity index (χ4v) is 4.14. The van der Waals surface area contributed by atoms with Crippen LogP contribution in [0.15, 0.2) is 59.2 Å². The number of aromatic nitrogens is 2. The largest absolute Gasteiger partial charge is 0.497 e. The number of ketones is 1. The zero-order valence-electron chi connectivity index (χ0n) is 19.2. The molecule has 35 heavy (non-hydrogen) atoms. The first-order valence-electron chi connectivity index (χ1n) is 10.7. The minimum absolute atomic E-state index is 0.156. The van der Waals surface area contributed by atoms with Crippen LogP contribution in [0, 0.1) is 12.7 Å². The fourth-order valence-electron chi connectivity index (χ4n) is 3.84. The molecule has 0 radical (unpaired) electrons. The van der Waals surface area contributed by atoms with E-state index in [9.17, 15) is 14.0 Å². The highest BCUT2D eigenvalue weighted by atomic mass is 79.9. The Morgan fingerprint density at radius 1 is 1.14 bits per heavy atom. The van der Waals surface area contributed by atoms with Gasteiger partial charge >= 0.3 is 5.97 Å². The smallest absolute Gasteiger partial charge is 0.344 e. The molecule has 1 N–H and O–H groups in total. The van der Waals surface area contributed by atoms with Crippen LogP contribution in [0.4, 0.5) is 4.39 Å². The number of ether oxygens (including phenoxy) is 2. The van der Waals surface area contributed by atoms with E-state index in [0.29, 0.717) is 43.8 Å². The highest BCUT2D eigenvalue weighted by Crippen LogP contribution is 2.30. The molecule has 0 bridgehead atoms. The van der Waals surface area contributed by atoms with Crippen molar-refractivity contribution in [3.8, 4) is 11.5 Å². The number of carboxylic acids is 1. The van der Waals surface area contributed by atoms with E-state index < -0.39 is 17.9 Å². The third kappa shape index (κ3) is 4.90. The highest BCUT2D eigenvalue weighted by Gasteiger charge is 2.23. The molecule has 2 heterocycles. The van der Waals surface area contributed by atoms with E-state index >= 15 is 0 Å². The maximum absolute atomic E-state index is 14.3. The molecule has 9 heteroatoms. The molecule has 2 aromatic carbocycles. The van der Waals surface area contributed by atoms with Gasteiger partial charge in [0.15, 0.2) is 23.5 Å². The van der Waals surface area contributed by atoms with Gasteiger partial charge in [0.2, 0.25) is 0 Å². The number of rotatable bonds is 8. The summed E-state index contributed by atoms with van der Waals surface area (Å²) in [6.07, 6.45) is -1.21. The second-order valence-corrected chi connectivity index (χ2v) is 8.78. The third-order valence-corrected chi connectivity index (χ3v) is 6.14. The second-order valence-electron chi connectivity index (χ2n) is 7.97. The van der Waals surface area contributed by atoms with Crippen LogP contribution in [0.5, 0.6) is 11.5 Å². The average Bonchev–Trinajstić information content (AvgIpc) is 3.11. The van der Waals surface area contributed by atoms with Crippen LogP contribution in [0.2, 0.25) is 0 Å². The number of fused-ring (bicyclic) bond motifs is 1. The van der Waals surface area contributed by atoms with Gasteiger partial charge in [-0.25, -0.2) is 14.2 Å². The van der Waals surface area contributed by atoms with E-state index in [-0.39, 0.29) is 18.1 Å². The number of carboxylic acid groups (broad SMARTS) is 1. The van der Waals surface area contributed by atoms with Crippen LogP contribution >= 0.6 is 15.9 Å². The molecule has 7 nitrogen and oxygen atoms in total. The van der Waals surface area contributed by atoms with Crippen molar-refractivity contribution in [3.05, 3.63) is 87.4 Å². The number of carbonyl (C=O) groups is 2. The molecule has 0 saturated carbocycles. The van der Waals surface area contributed by atoms with E-state index in [1.165, 1.54) is 19.1 Å². The van der Waals surface area contributed by atoms with Gasteiger partial charge in [0.25, 0.3) is 0 Å². The van der Waals surface area contributed by atoms with E-state index in [0.717, 1.165) is 0 Å². The van der Waals surface area contributed by atoms with Crippen LogP contribution in [-0.4, -0.2) is 39.6 Å². The normalized spacial score (nSPS) is 11.9. The first kappa shape index (κ1) is 24.4. The minimum atomic E-state index is -1.21. The summed E-state index contributed by atoms with van der Waals surface area (Å²) in [6, 6.07) is 14.8. The highest BCUT2D eigenvalue weighted by molar-refractivity contribution is 9.10. The molecule has 0 amide bonds. The molecule has 0 aliphatic carbocycles. The van der Waals surface area contributed by atoms with Crippen LogP contribution < -0.4 is 9.47 Å². The summed E-state index contributed by atoms with van der Waals surface area (Å²) in [5.74, 6) is -1.52. The zero-order valence-corrected chi connectivity index (χ0v) is 20.8. The molecule has 4 rings (SSSR count). The summed E-state index contributed by atoms with van der Waals surface area (Å²) in [6.45, 7) is 3.43. The maximum atomic E-state index is 14.3. The number of nitrogens with zero attached hydrogens (tertiary/aromatic N) is 2. The Kier molecular flexibility index (Phi) is 6.88. The van der Waals surface area contributed by atoms with Gasteiger partial charge in [0.1, 0.15) is 16.0 Å². The number of hydrogen-bond donors (Lipinski definition) is 1. The second kappa shape index (κ2) is 9.87. The third-order valence-electron chi connectivity index (χ3n) is 5.70. The fraction of sp³-hybridized carbons (Fsp3) is 0.192. The van der Waals surface area contributed by atoms with Gasteiger partial charge in [0.05, 0.1) is 12.7 Å². The van der Waals surface area contributed by atoms with Crippen molar-refractivity contribution in [1.29, 1.82) is 0 Å². The van der Waals surface area contributed by atoms with Crippen molar-refractivity contribution in [2.45, 2.75) is 26.5 Å². The summed E-state index contributed by atoms with van der Waals surface area (Å²) in [4.78, 5) is 29.2. The minimum Gasteiger partial charge on any atom is -0.497 e. The quantitative estimate of drug-likeness (QED) is 0.238. The standard InChI is InChI=1S/C26H22BrFN2O5/c1-14-23(24(31)17-5-7-18(34-3)8-6-17)19-9-11-22(27)29-25(19)30(14)13-16-4-10-20(28)21(12-16)35-15(2)26(32)33/h4-12,15H,13H2,1-3H3,(H,32,33)/t15-/m1/s1. The molecule has 0 unspecified atom stereocenters. The van der Waals surface area contributed by atoms with Gasteiger partial charge in [-0.15, -0.1) is 0 Å². The molecule has 0 fully saturated rings. The van der Waals surface area contributed by atoms with Crippen molar-refractivity contribution in [3.63, 3.8) is 0 Å². The van der Waals surface area contributed by atoms with Crippen molar-refractivity contribution in [1.82, 2.24) is 9.55 Å². The SMILES string of the molecule is COc1ccc(C(=O)c2c(C)n(Cc3ccc(F)c(O[C@H](C)C(=O)O)c3)c3nc(Br)ccc23)cc1. The molecular formula is C26H22BrFN2O5. The topological polar surface area (TPSA) is 90.7 Å². The van der Waals surface area contributed by atoms with E-state index in [1.54, 1.807) is 43.5 Å². The molecule has 0 saturated heterocycles. The van der Waals surface area contributed by atoms with Gasteiger partial charge in [-0.3, -0.25) is 4.79 Å². The van der Waals surface area contributed by atoms with Gasteiger partial charge in [-0.1, -0.05) is 6.07 Å². The average molecular weight is 541 g/mol. The van der Waals surface area contributed by atoms with Crippen LogP contribution in [0.3, 0.4) is 0 Å². The molecule has 0 spiro atoms. The van der Waals surface area contributed by atoms with Crippen LogP contribution in [0.1, 0.15) is 34.1 Å². The zero-order chi connectivity index (χ0) is 25.3. The lowest BCUT2D eigenvalue weighted by Gasteiger charge is -2.14.